The Morgan fingerprint density at radius 1 is 0.805 bits per heavy atom. The van der Waals surface area contributed by atoms with Gasteiger partial charge < -0.3 is 20.9 Å². The van der Waals surface area contributed by atoms with Crippen LogP contribution in [0.3, 0.4) is 0 Å². The molecule has 41 heavy (non-hydrogen) atoms. The number of carbonyl (C=O) groups is 3. The van der Waals surface area contributed by atoms with Gasteiger partial charge in [-0.2, -0.15) is 0 Å². The minimum absolute atomic E-state index is 0.0796. The topological polar surface area (TPSA) is 93.8 Å². The van der Waals surface area contributed by atoms with Gasteiger partial charge in [0.25, 0.3) is 0 Å². The van der Waals surface area contributed by atoms with Gasteiger partial charge >= 0.3 is 0 Å². The molecule has 8 nitrogen and oxygen atoms in total. The maximum Gasteiger partial charge on any atom is 0.246 e. The summed E-state index contributed by atoms with van der Waals surface area (Å²) < 4.78 is 0. The zero-order chi connectivity index (χ0) is 28.8. The van der Waals surface area contributed by atoms with Gasteiger partial charge in [0.2, 0.25) is 17.7 Å². The highest BCUT2D eigenvalue weighted by molar-refractivity contribution is 5.93. The third kappa shape index (κ3) is 6.81. The Labute approximate surface area is 244 Å². The van der Waals surface area contributed by atoms with E-state index in [9.17, 15) is 14.4 Å². The molecular weight excluding hydrogens is 514 g/mol. The Hall–Kier alpha value is -3.23. The van der Waals surface area contributed by atoms with Crippen molar-refractivity contribution in [2.24, 2.45) is 5.92 Å². The fourth-order valence-corrected chi connectivity index (χ4v) is 6.81. The van der Waals surface area contributed by atoms with E-state index < -0.39 is 18.1 Å². The molecule has 0 radical (unpaired) electrons. The molecule has 1 saturated carbocycles. The smallest absolute Gasteiger partial charge is 0.246 e. The summed E-state index contributed by atoms with van der Waals surface area (Å²) >= 11 is 0. The summed E-state index contributed by atoms with van der Waals surface area (Å²) in [6.45, 7) is 3.77. The monoisotopic (exact) mass is 559 g/mol. The molecule has 1 aliphatic carbocycles. The first-order valence-corrected chi connectivity index (χ1v) is 15.4. The number of rotatable bonds is 9. The number of amides is 3. The molecule has 3 N–H and O–H groups in total. The van der Waals surface area contributed by atoms with Crippen LogP contribution in [0.15, 0.2) is 60.7 Å². The van der Waals surface area contributed by atoms with Crippen molar-refractivity contribution in [2.75, 3.05) is 26.7 Å². The minimum Gasteiger partial charge on any atom is -0.343 e. The Bertz CT molecular complexity index is 1130. The average molecular weight is 560 g/mol. The maximum absolute atomic E-state index is 14.5. The third-order valence-corrected chi connectivity index (χ3v) is 9.34. The largest absolute Gasteiger partial charge is 0.343 e. The quantitative estimate of drug-likeness (QED) is 0.439. The van der Waals surface area contributed by atoms with E-state index in [2.05, 4.69) is 20.9 Å². The summed E-state index contributed by atoms with van der Waals surface area (Å²) in [5.74, 6) is -0.365. The second-order valence-electron chi connectivity index (χ2n) is 12.0. The molecule has 3 fully saturated rings. The van der Waals surface area contributed by atoms with E-state index in [1.54, 1.807) is 18.9 Å². The molecule has 4 atom stereocenters. The third-order valence-electron chi connectivity index (χ3n) is 9.34. The molecule has 2 aromatic rings. The normalized spacial score (nSPS) is 23.0. The van der Waals surface area contributed by atoms with Crippen molar-refractivity contribution in [1.82, 2.24) is 25.8 Å². The number of piperazine rings is 1. The van der Waals surface area contributed by atoms with E-state index in [0.717, 1.165) is 62.6 Å². The van der Waals surface area contributed by atoms with Gasteiger partial charge in [-0.1, -0.05) is 79.9 Å². The van der Waals surface area contributed by atoms with Crippen LogP contribution in [0, 0.1) is 5.92 Å². The summed E-state index contributed by atoms with van der Waals surface area (Å²) in [5.41, 5.74) is 1.99. The van der Waals surface area contributed by atoms with Crippen LogP contribution in [-0.2, 0) is 14.4 Å². The lowest BCUT2D eigenvalue weighted by atomic mass is 9.82. The summed E-state index contributed by atoms with van der Waals surface area (Å²) in [5, 5.41) is 9.42. The Balaban J connectivity index is 1.43. The zero-order valence-corrected chi connectivity index (χ0v) is 24.4. The van der Waals surface area contributed by atoms with Gasteiger partial charge in [-0.25, -0.2) is 0 Å². The number of hydrogen-bond acceptors (Lipinski definition) is 5. The van der Waals surface area contributed by atoms with Gasteiger partial charge in [0.15, 0.2) is 0 Å². The van der Waals surface area contributed by atoms with Crippen LogP contribution in [-0.4, -0.2) is 78.4 Å². The van der Waals surface area contributed by atoms with Gasteiger partial charge in [0, 0.05) is 19.1 Å². The Morgan fingerprint density at radius 2 is 1.44 bits per heavy atom. The van der Waals surface area contributed by atoms with E-state index >= 15 is 0 Å². The van der Waals surface area contributed by atoms with Crippen LogP contribution in [0.4, 0.5) is 0 Å². The first-order valence-electron chi connectivity index (χ1n) is 15.4. The number of nitrogens with zero attached hydrogens (tertiary/aromatic N) is 2. The van der Waals surface area contributed by atoms with Crippen LogP contribution in [0.5, 0.6) is 0 Å². The second kappa shape index (κ2) is 13.6. The number of nitrogens with one attached hydrogen (secondary N) is 3. The Morgan fingerprint density at radius 3 is 2.05 bits per heavy atom. The highest BCUT2D eigenvalue weighted by atomic mass is 16.2. The number of hydrogen-bond donors (Lipinski definition) is 3. The van der Waals surface area contributed by atoms with Crippen molar-refractivity contribution in [1.29, 1.82) is 0 Å². The molecule has 8 heteroatoms. The molecule has 2 heterocycles. The molecule has 5 rings (SSSR count). The zero-order valence-electron chi connectivity index (χ0n) is 24.4. The van der Waals surface area contributed by atoms with Crippen molar-refractivity contribution >= 4 is 17.7 Å². The lowest BCUT2D eigenvalue weighted by molar-refractivity contribution is -0.149. The van der Waals surface area contributed by atoms with Crippen LogP contribution < -0.4 is 16.0 Å². The van der Waals surface area contributed by atoms with E-state index in [1.165, 1.54) is 0 Å². The molecule has 0 bridgehead atoms. The fraction of sp³-hybridized carbons (Fsp3) is 0.545. The molecule has 2 aliphatic heterocycles. The molecule has 0 unspecified atom stereocenters. The van der Waals surface area contributed by atoms with E-state index in [1.807, 2.05) is 60.7 Å². The molecule has 3 amide bonds. The minimum atomic E-state index is -0.628. The standard InChI is InChI=1S/C33H45N5O3/c1-23(34-2)31(39)36-30(26-17-10-5-11-18-26)33(41)38-21-27-19-12-20-37(27)22-28(38)32(40)35-29(24-13-6-3-7-14-24)25-15-8-4-9-16-25/h3-4,6-9,13-16,23,26-30,34H,5,10-12,17-22H2,1-2H3,(H,35,40)(H,36,39)/t23-,27+,28-,30-/m0/s1. The van der Waals surface area contributed by atoms with Crippen molar-refractivity contribution in [2.45, 2.75) is 82.1 Å². The van der Waals surface area contributed by atoms with Crippen molar-refractivity contribution < 1.29 is 14.4 Å². The van der Waals surface area contributed by atoms with Crippen LogP contribution in [0.25, 0.3) is 0 Å². The van der Waals surface area contributed by atoms with Crippen LogP contribution in [0.2, 0.25) is 0 Å². The highest BCUT2D eigenvalue weighted by Gasteiger charge is 2.45. The predicted molar refractivity (Wildman–Crippen MR) is 160 cm³/mol. The molecule has 2 saturated heterocycles. The van der Waals surface area contributed by atoms with Crippen molar-refractivity contribution in [3.8, 4) is 0 Å². The van der Waals surface area contributed by atoms with Crippen LogP contribution >= 0.6 is 0 Å². The number of benzene rings is 2. The molecular formula is C33H45N5O3. The van der Waals surface area contributed by atoms with Gasteiger partial charge in [-0.15, -0.1) is 0 Å². The summed E-state index contributed by atoms with van der Waals surface area (Å²) in [7, 11) is 1.75. The lowest BCUT2D eigenvalue weighted by Crippen LogP contribution is -2.66. The second-order valence-corrected chi connectivity index (χ2v) is 12.0. The molecule has 0 spiro atoms. The van der Waals surface area contributed by atoms with E-state index in [-0.39, 0.29) is 35.7 Å². The van der Waals surface area contributed by atoms with Gasteiger partial charge in [0.1, 0.15) is 12.1 Å². The summed E-state index contributed by atoms with van der Waals surface area (Å²) in [6, 6.07) is 18.2. The fourth-order valence-electron chi connectivity index (χ4n) is 6.81. The van der Waals surface area contributed by atoms with Gasteiger partial charge in [-0.3, -0.25) is 19.3 Å². The lowest BCUT2D eigenvalue weighted by Gasteiger charge is -2.45. The number of likely N-dealkylation sites (N-methyl/N-ethyl adjacent to an activating group) is 1. The average Bonchev–Trinajstić information content (AvgIpc) is 3.50. The number of fused-ring (bicyclic) bond motifs is 1. The van der Waals surface area contributed by atoms with E-state index in [4.69, 9.17) is 0 Å². The van der Waals surface area contributed by atoms with Crippen molar-refractivity contribution in [3.63, 3.8) is 0 Å². The number of carbonyl (C=O) groups excluding carboxylic acids is 3. The molecule has 220 valence electrons. The first kappa shape index (κ1) is 29.3. The van der Waals surface area contributed by atoms with Gasteiger partial charge in [0.05, 0.1) is 12.1 Å². The van der Waals surface area contributed by atoms with Gasteiger partial charge in [-0.05, 0) is 63.2 Å². The highest BCUT2D eigenvalue weighted by Crippen LogP contribution is 2.31. The SMILES string of the molecule is CN[C@@H](C)C(=O)N[C@H](C(=O)N1C[C@H]2CCCN2C[C@H]1C(=O)NC(c1ccccc1)c1ccccc1)C1CCCCC1. The first-order chi connectivity index (χ1) is 20.0. The predicted octanol–water partition coefficient (Wildman–Crippen LogP) is 3.24. The van der Waals surface area contributed by atoms with Crippen molar-refractivity contribution in [3.05, 3.63) is 71.8 Å². The van der Waals surface area contributed by atoms with E-state index in [0.29, 0.717) is 13.1 Å². The molecule has 0 aromatic heterocycles. The maximum atomic E-state index is 14.5. The molecule has 3 aliphatic rings. The Kier molecular flexibility index (Phi) is 9.72. The van der Waals surface area contributed by atoms with Crippen LogP contribution in [0.1, 0.15) is 69.0 Å². The summed E-state index contributed by atoms with van der Waals surface area (Å²) in [4.78, 5) is 45.9. The molecule has 2 aromatic carbocycles. The summed E-state index contributed by atoms with van der Waals surface area (Å²) in [6.07, 6.45) is 7.19.